The van der Waals surface area contributed by atoms with Gasteiger partial charge in [0.15, 0.2) is 0 Å². The van der Waals surface area contributed by atoms with Gasteiger partial charge in [-0.3, -0.25) is 4.79 Å². The van der Waals surface area contributed by atoms with Gasteiger partial charge in [-0.2, -0.15) is 0 Å². The Kier molecular flexibility index (Phi) is 4.16. The van der Waals surface area contributed by atoms with Gasteiger partial charge in [-0.25, -0.2) is 0 Å². The SMILES string of the molecule is CCC1(O)C(C)(C(=O)OC)CCCC1(C)c1ccccc1. The van der Waals surface area contributed by atoms with Crippen molar-refractivity contribution in [1.82, 2.24) is 0 Å². The van der Waals surface area contributed by atoms with E-state index in [1.54, 1.807) is 0 Å². The van der Waals surface area contributed by atoms with Gasteiger partial charge in [0.25, 0.3) is 0 Å². The number of benzene rings is 1. The van der Waals surface area contributed by atoms with Crippen LogP contribution in [-0.4, -0.2) is 23.8 Å². The molecule has 1 aliphatic carbocycles. The summed E-state index contributed by atoms with van der Waals surface area (Å²) >= 11 is 0. The molecule has 1 saturated carbocycles. The first-order valence-electron chi connectivity index (χ1n) is 7.72. The molecule has 1 aliphatic rings. The van der Waals surface area contributed by atoms with Crippen molar-refractivity contribution in [3.63, 3.8) is 0 Å². The Bertz CT molecular complexity index is 512. The maximum atomic E-state index is 12.4. The van der Waals surface area contributed by atoms with Crippen molar-refractivity contribution in [3.05, 3.63) is 35.9 Å². The van der Waals surface area contributed by atoms with Crippen molar-refractivity contribution in [2.24, 2.45) is 5.41 Å². The third-order valence-electron chi connectivity index (χ3n) is 5.74. The van der Waals surface area contributed by atoms with Gasteiger partial charge in [0, 0.05) is 5.41 Å². The molecule has 3 heteroatoms. The number of methoxy groups -OCH3 is 1. The number of carbonyl (C=O) groups is 1. The van der Waals surface area contributed by atoms with Crippen molar-refractivity contribution >= 4 is 5.97 Å². The second kappa shape index (κ2) is 5.45. The maximum Gasteiger partial charge on any atom is 0.314 e. The highest BCUT2D eigenvalue weighted by molar-refractivity contribution is 5.78. The lowest BCUT2D eigenvalue weighted by Crippen LogP contribution is -2.65. The Hall–Kier alpha value is -1.35. The molecule has 1 aromatic rings. The van der Waals surface area contributed by atoms with Gasteiger partial charge < -0.3 is 9.84 Å². The van der Waals surface area contributed by atoms with Crippen LogP contribution in [0.2, 0.25) is 0 Å². The van der Waals surface area contributed by atoms with E-state index >= 15 is 0 Å². The number of hydrogen-bond acceptors (Lipinski definition) is 3. The highest BCUT2D eigenvalue weighted by Gasteiger charge is 2.63. The normalized spacial score (nSPS) is 36.2. The number of ether oxygens (including phenoxy) is 1. The summed E-state index contributed by atoms with van der Waals surface area (Å²) in [7, 11) is 1.40. The summed E-state index contributed by atoms with van der Waals surface area (Å²) < 4.78 is 5.02. The molecule has 1 aromatic carbocycles. The van der Waals surface area contributed by atoms with E-state index in [-0.39, 0.29) is 5.97 Å². The zero-order valence-electron chi connectivity index (χ0n) is 13.5. The van der Waals surface area contributed by atoms with Crippen LogP contribution >= 0.6 is 0 Å². The van der Waals surface area contributed by atoms with Crippen molar-refractivity contribution in [1.29, 1.82) is 0 Å². The number of hydrogen-bond donors (Lipinski definition) is 1. The molecular formula is C18H26O3. The maximum absolute atomic E-state index is 12.4. The van der Waals surface area contributed by atoms with E-state index in [0.29, 0.717) is 12.8 Å². The first kappa shape index (κ1) is 16.0. The summed E-state index contributed by atoms with van der Waals surface area (Å²) in [5, 5.41) is 11.6. The molecule has 2 rings (SSSR count). The number of esters is 1. The molecule has 3 unspecified atom stereocenters. The van der Waals surface area contributed by atoms with Gasteiger partial charge in [0.2, 0.25) is 0 Å². The molecule has 0 saturated heterocycles. The van der Waals surface area contributed by atoms with Crippen LogP contribution in [0, 0.1) is 5.41 Å². The van der Waals surface area contributed by atoms with Crippen molar-refractivity contribution in [2.75, 3.05) is 7.11 Å². The van der Waals surface area contributed by atoms with Crippen LogP contribution in [-0.2, 0) is 14.9 Å². The summed E-state index contributed by atoms with van der Waals surface area (Å²) in [4.78, 5) is 12.4. The van der Waals surface area contributed by atoms with Gasteiger partial charge in [-0.15, -0.1) is 0 Å². The van der Waals surface area contributed by atoms with E-state index in [1.165, 1.54) is 7.11 Å². The summed E-state index contributed by atoms with van der Waals surface area (Å²) in [6.45, 7) is 5.88. The lowest BCUT2D eigenvalue weighted by Gasteiger charge is -2.57. The number of carbonyl (C=O) groups excluding carboxylic acids is 1. The molecule has 3 atom stereocenters. The molecule has 0 aromatic heterocycles. The van der Waals surface area contributed by atoms with Crippen molar-refractivity contribution < 1.29 is 14.6 Å². The van der Waals surface area contributed by atoms with Gasteiger partial charge in [0.1, 0.15) is 0 Å². The summed E-state index contributed by atoms with van der Waals surface area (Å²) in [6.07, 6.45) is 2.95. The fraction of sp³-hybridized carbons (Fsp3) is 0.611. The van der Waals surface area contributed by atoms with E-state index in [4.69, 9.17) is 4.74 Å². The lowest BCUT2D eigenvalue weighted by atomic mass is 9.49. The Balaban J connectivity index is 2.59. The highest BCUT2D eigenvalue weighted by atomic mass is 16.5. The van der Waals surface area contributed by atoms with Gasteiger partial charge in [0.05, 0.1) is 18.1 Å². The molecule has 1 N–H and O–H groups in total. The van der Waals surface area contributed by atoms with Gasteiger partial charge in [-0.1, -0.05) is 50.6 Å². The Morgan fingerprint density at radius 1 is 1.24 bits per heavy atom. The van der Waals surface area contributed by atoms with Crippen LogP contribution in [0.5, 0.6) is 0 Å². The predicted molar refractivity (Wildman–Crippen MR) is 83.0 cm³/mol. The number of aliphatic hydroxyl groups is 1. The zero-order chi connectivity index (χ0) is 15.7. The average Bonchev–Trinajstić information content (AvgIpc) is 2.52. The molecule has 0 bridgehead atoms. The fourth-order valence-corrected chi connectivity index (χ4v) is 4.28. The molecule has 0 aliphatic heterocycles. The van der Waals surface area contributed by atoms with E-state index in [0.717, 1.165) is 18.4 Å². The second-order valence-corrected chi connectivity index (χ2v) is 6.59. The minimum atomic E-state index is -1.12. The third-order valence-corrected chi connectivity index (χ3v) is 5.74. The molecule has 0 amide bonds. The quantitative estimate of drug-likeness (QED) is 0.867. The smallest absolute Gasteiger partial charge is 0.314 e. The summed E-state index contributed by atoms with van der Waals surface area (Å²) in [6, 6.07) is 10.0. The van der Waals surface area contributed by atoms with Gasteiger partial charge >= 0.3 is 5.97 Å². The van der Waals surface area contributed by atoms with Crippen LogP contribution in [0.25, 0.3) is 0 Å². The summed E-state index contributed by atoms with van der Waals surface area (Å²) in [5.41, 5.74) is -1.36. The Morgan fingerprint density at radius 2 is 1.86 bits per heavy atom. The molecule has 0 spiro atoms. The van der Waals surface area contributed by atoms with Crippen LogP contribution in [0.3, 0.4) is 0 Å². The monoisotopic (exact) mass is 290 g/mol. The Labute approximate surface area is 127 Å². The first-order chi connectivity index (χ1) is 9.85. The van der Waals surface area contributed by atoms with Crippen molar-refractivity contribution in [2.45, 2.75) is 57.5 Å². The van der Waals surface area contributed by atoms with E-state index < -0.39 is 16.4 Å². The molecule has 21 heavy (non-hydrogen) atoms. The van der Waals surface area contributed by atoms with Crippen LogP contribution in [0.15, 0.2) is 30.3 Å². The fourth-order valence-electron chi connectivity index (χ4n) is 4.28. The van der Waals surface area contributed by atoms with E-state index in [9.17, 15) is 9.90 Å². The highest BCUT2D eigenvalue weighted by Crippen LogP contribution is 2.57. The number of rotatable bonds is 3. The van der Waals surface area contributed by atoms with Crippen LogP contribution in [0.1, 0.15) is 52.0 Å². The minimum Gasteiger partial charge on any atom is -0.469 e. The lowest BCUT2D eigenvalue weighted by molar-refractivity contribution is -0.195. The second-order valence-electron chi connectivity index (χ2n) is 6.59. The standard InChI is InChI=1S/C18H26O3/c1-5-18(20)16(2,14-10-7-6-8-11-14)12-9-13-17(18,3)15(19)21-4/h6-8,10-11,20H,5,9,12-13H2,1-4H3. The molecule has 0 heterocycles. The summed E-state index contributed by atoms with van der Waals surface area (Å²) in [5.74, 6) is -0.311. The topological polar surface area (TPSA) is 46.5 Å². The van der Waals surface area contributed by atoms with E-state index in [1.807, 2.05) is 44.2 Å². The van der Waals surface area contributed by atoms with Crippen molar-refractivity contribution in [3.8, 4) is 0 Å². The first-order valence-corrected chi connectivity index (χ1v) is 7.72. The molecule has 3 nitrogen and oxygen atoms in total. The van der Waals surface area contributed by atoms with Crippen LogP contribution < -0.4 is 0 Å². The van der Waals surface area contributed by atoms with E-state index in [2.05, 4.69) is 6.92 Å². The minimum absolute atomic E-state index is 0.311. The van der Waals surface area contributed by atoms with Crippen LogP contribution in [0.4, 0.5) is 0 Å². The predicted octanol–water partition coefficient (Wildman–Crippen LogP) is 3.45. The average molecular weight is 290 g/mol. The molecule has 116 valence electrons. The molecule has 0 radical (unpaired) electrons. The molecular weight excluding hydrogens is 264 g/mol. The van der Waals surface area contributed by atoms with Gasteiger partial charge in [-0.05, 0) is 31.7 Å². The largest absolute Gasteiger partial charge is 0.469 e. The third kappa shape index (κ3) is 2.10. The Morgan fingerprint density at radius 3 is 2.38 bits per heavy atom. The zero-order valence-corrected chi connectivity index (χ0v) is 13.5. The molecule has 1 fully saturated rings.